The second-order valence-corrected chi connectivity index (χ2v) is 11.5. The molecule has 49 heavy (non-hydrogen) atoms. The monoisotopic (exact) mass is 642 g/mol. The maximum absolute atomic E-state index is 11.6. The van der Waals surface area contributed by atoms with Crippen LogP contribution in [0.4, 0.5) is 28.4 Å². The van der Waals surface area contributed by atoms with Crippen molar-refractivity contribution in [3.8, 4) is 22.3 Å². The van der Waals surface area contributed by atoms with Crippen LogP contribution in [0.15, 0.2) is 133 Å². The Balaban J connectivity index is 1.51. The van der Waals surface area contributed by atoms with Crippen LogP contribution < -0.4 is 4.90 Å². The highest BCUT2D eigenvalue weighted by Gasteiger charge is 2.22. The summed E-state index contributed by atoms with van der Waals surface area (Å²) in [5.41, 5.74) is 10.4. The van der Waals surface area contributed by atoms with E-state index in [-0.39, 0.29) is 11.4 Å². The summed E-state index contributed by atoms with van der Waals surface area (Å²) >= 11 is 0. The number of nitrogens with one attached hydrogen (secondary N) is 2. The number of nitrogens with zero attached hydrogens (tertiary/aromatic N) is 4. The molecule has 8 rings (SSSR count). The summed E-state index contributed by atoms with van der Waals surface area (Å²) in [5.74, 6) is 0. The highest BCUT2D eigenvalue weighted by atomic mass is 16.6. The van der Waals surface area contributed by atoms with Gasteiger partial charge in [-0.15, -0.1) is 0 Å². The molecule has 0 saturated carbocycles. The molecule has 2 N–H and O–H groups in total. The Morgan fingerprint density at radius 1 is 0.490 bits per heavy atom. The minimum Gasteiger partial charge on any atom is -0.353 e. The average molecular weight is 643 g/mol. The van der Waals surface area contributed by atoms with Crippen molar-refractivity contribution < 1.29 is 9.85 Å². The molecule has 0 amide bonds. The van der Waals surface area contributed by atoms with E-state index in [9.17, 15) is 20.2 Å². The number of nitro groups is 2. The van der Waals surface area contributed by atoms with Crippen LogP contribution in [0, 0.1) is 20.2 Å². The number of H-pyrrole nitrogens is 2. The van der Waals surface area contributed by atoms with Gasteiger partial charge >= 0.3 is 0 Å². The molecular formula is C39H26N6O4. The number of non-ortho nitro benzene ring substituents is 2. The zero-order valence-corrected chi connectivity index (χ0v) is 25.8. The summed E-state index contributed by atoms with van der Waals surface area (Å²) in [7, 11) is 0. The SMILES string of the molecule is O=[N+]([O-])c1ccc(N(c2ccc([N+](=O)[O-])cc2)c2c3ccc([nH]3)c(-c3ccccc3)c3nc(c(-c4ccccc4)c4ccc2[nH]4)C=C3)cc1. The Bertz CT molecular complexity index is 2320. The largest absolute Gasteiger partial charge is 0.353 e. The number of fused-ring (bicyclic) bond motifs is 6. The second kappa shape index (κ2) is 11.9. The Labute approximate surface area is 279 Å². The summed E-state index contributed by atoms with van der Waals surface area (Å²) in [6, 6.07) is 40.7. The van der Waals surface area contributed by atoms with Gasteiger partial charge < -0.3 is 14.9 Å². The Morgan fingerprint density at radius 2 is 0.878 bits per heavy atom. The molecule has 0 saturated heterocycles. The Kier molecular flexibility index (Phi) is 7.15. The van der Waals surface area contributed by atoms with Crippen LogP contribution >= 0.6 is 0 Å². The van der Waals surface area contributed by atoms with Gasteiger partial charge in [-0.2, -0.15) is 0 Å². The number of aromatic nitrogens is 3. The molecule has 0 fully saturated rings. The fraction of sp³-hybridized carbons (Fsp3) is 0. The number of rotatable bonds is 7. The number of benzene rings is 4. The standard InChI is InChI=1S/C39H26N6O4/c46-44(47)29-15-11-27(12-16-29)43(28-13-17-30(18-14-28)45(48)49)39-35-23-21-33(41-35)37(25-7-3-1-4-8-25)31-19-20-32(40-31)38(26-9-5-2-6-10-26)34-22-24-36(39)42-34/h1-24,41-42H. The molecule has 10 nitrogen and oxygen atoms in total. The van der Waals surface area contributed by atoms with Crippen molar-refractivity contribution in [1.82, 2.24) is 15.0 Å². The molecule has 1 aliphatic heterocycles. The van der Waals surface area contributed by atoms with Gasteiger partial charge in [0.1, 0.15) is 0 Å². The van der Waals surface area contributed by atoms with Crippen LogP contribution in [0.3, 0.4) is 0 Å². The van der Waals surface area contributed by atoms with Crippen LogP contribution in [0.5, 0.6) is 0 Å². The zero-order valence-electron chi connectivity index (χ0n) is 25.8. The predicted molar refractivity (Wildman–Crippen MR) is 193 cm³/mol. The molecule has 3 aromatic heterocycles. The Morgan fingerprint density at radius 3 is 1.27 bits per heavy atom. The molecule has 6 bridgehead atoms. The molecule has 0 radical (unpaired) electrons. The van der Waals surface area contributed by atoms with E-state index in [0.717, 1.165) is 55.7 Å². The number of nitro benzene ring substituents is 2. The van der Waals surface area contributed by atoms with Crippen molar-refractivity contribution >= 4 is 62.7 Å². The maximum atomic E-state index is 11.6. The molecule has 4 heterocycles. The average Bonchev–Trinajstić information content (AvgIpc) is 3.92. The molecule has 0 aliphatic carbocycles. The first kappa shape index (κ1) is 29.3. The normalized spacial score (nSPS) is 11.5. The zero-order chi connectivity index (χ0) is 33.5. The van der Waals surface area contributed by atoms with Crippen molar-refractivity contribution in [1.29, 1.82) is 0 Å². The molecular weight excluding hydrogens is 616 g/mol. The van der Waals surface area contributed by atoms with Crippen molar-refractivity contribution in [3.63, 3.8) is 0 Å². The number of anilines is 3. The van der Waals surface area contributed by atoms with E-state index in [4.69, 9.17) is 4.98 Å². The maximum Gasteiger partial charge on any atom is 0.269 e. The van der Waals surface area contributed by atoms with E-state index in [1.165, 1.54) is 24.3 Å². The van der Waals surface area contributed by atoms with E-state index >= 15 is 0 Å². The van der Waals surface area contributed by atoms with Gasteiger partial charge in [-0.1, -0.05) is 60.7 Å². The van der Waals surface area contributed by atoms with Gasteiger partial charge in [-0.25, -0.2) is 4.98 Å². The van der Waals surface area contributed by atoms with E-state index < -0.39 is 9.85 Å². The lowest BCUT2D eigenvalue weighted by atomic mass is 10.0. The van der Waals surface area contributed by atoms with Crippen molar-refractivity contribution in [2.75, 3.05) is 4.90 Å². The predicted octanol–water partition coefficient (Wildman–Crippen LogP) is 10.3. The van der Waals surface area contributed by atoms with Gasteiger partial charge in [0.2, 0.25) is 0 Å². The van der Waals surface area contributed by atoms with E-state index in [1.54, 1.807) is 24.3 Å². The van der Waals surface area contributed by atoms with Crippen LogP contribution in [-0.4, -0.2) is 24.8 Å². The smallest absolute Gasteiger partial charge is 0.269 e. The second-order valence-electron chi connectivity index (χ2n) is 11.5. The molecule has 7 aromatic rings. The van der Waals surface area contributed by atoms with E-state index in [1.807, 2.05) is 77.7 Å². The summed E-state index contributed by atoms with van der Waals surface area (Å²) < 4.78 is 0. The van der Waals surface area contributed by atoms with E-state index in [0.29, 0.717) is 17.1 Å². The molecule has 236 valence electrons. The first-order valence-electron chi connectivity index (χ1n) is 15.5. The quantitative estimate of drug-likeness (QED) is 0.131. The van der Waals surface area contributed by atoms with Crippen LogP contribution in [-0.2, 0) is 0 Å². The highest BCUT2D eigenvalue weighted by molar-refractivity contribution is 6.01. The third kappa shape index (κ3) is 5.33. The number of aromatic amines is 2. The molecule has 10 heteroatoms. The fourth-order valence-electron chi connectivity index (χ4n) is 6.33. The van der Waals surface area contributed by atoms with Crippen molar-refractivity contribution in [2.45, 2.75) is 0 Å². The summed E-state index contributed by atoms with van der Waals surface area (Å²) in [6.45, 7) is 0. The van der Waals surface area contributed by atoms with Gasteiger partial charge in [0.15, 0.2) is 0 Å². The topological polar surface area (TPSA) is 134 Å². The Hall–Kier alpha value is -7.07. The molecule has 0 spiro atoms. The molecule has 4 aromatic carbocycles. The minimum absolute atomic E-state index is 0.0506. The third-order valence-electron chi connectivity index (χ3n) is 8.56. The van der Waals surface area contributed by atoms with Crippen LogP contribution in [0.1, 0.15) is 11.4 Å². The van der Waals surface area contributed by atoms with Gasteiger partial charge in [0.05, 0.1) is 38.0 Å². The van der Waals surface area contributed by atoms with Crippen LogP contribution in [0.25, 0.3) is 56.5 Å². The summed E-state index contributed by atoms with van der Waals surface area (Å²) in [5, 5.41) is 23.2. The lowest BCUT2D eigenvalue weighted by Crippen LogP contribution is -2.11. The summed E-state index contributed by atoms with van der Waals surface area (Å²) in [4.78, 5) is 36.7. The lowest BCUT2D eigenvalue weighted by Gasteiger charge is -2.25. The molecule has 1 aliphatic rings. The number of hydrogen-bond acceptors (Lipinski definition) is 6. The molecule has 0 atom stereocenters. The first-order chi connectivity index (χ1) is 23.9. The van der Waals surface area contributed by atoms with Gasteiger partial charge in [0.25, 0.3) is 11.4 Å². The third-order valence-corrected chi connectivity index (χ3v) is 8.56. The van der Waals surface area contributed by atoms with Crippen LogP contribution in [0.2, 0.25) is 0 Å². The summed E-state index contributed by atoms with van der Waals surface area (Å²) in [6.07, 6.45) is 4.07. The lowest BCUT2D eigenvalue weighted by molar-refractivity contribution is -0.385. The molecule has 0 unspecified atom stereocenters. The van der Waals surface area contributed by atoms with Crippen molar-refractivity contribution in [2.24, 2.45) is 0 Å². The van der Waals surface area contributed by atoms with Gasteiger partial charge in [-0.3, -0.25) is 20.2 Å². The minimum atomic E-state index is -0.442. The fourth-order valence-corrected chi connectivity index (χ4v) is 6.33. The first-order valence-corrected chi connectivity index (χ1v) is 15.5. The number of hydrogen-bond donors (Lipinski definition) is 2. The van der Waals surface area contributed by atoms with Gasteiger partial charge in [-0.05, 0) is 71.8 Å². The van der Waals surface area contributed by atoms with Gasteiger partial charge in [0, 0.05) is 57.8 Å². The highest BCUT2D eigenvalue weighted by Crippen LogP contribution is 2.42. The van der Waals surface area contributed by atoms with Crippen molar-refractivity contribution in [3.05, 3.63) is 165 Å². The van der Waals surface area contributed by atoms with E-state index in [2.05, 4.69) is 34.2 Å².